The van der Waals surface area contributed by atoms with Gasteiger partial charge in [0.05, 0.1) is 33.6 Å². The Hall–Kier alpha value is -3.00. The van der Waals surface area contributed by atoms with Gasteiger partial charge < -0.3 is 24.1 Å². The molecule has 2 aromatic rings. The highest BCUT2D eigenvalue weighted by Crippen LogP contribution is 2.27. The van der Waals surface area contributed by atoms with E-state index in [2.05, 4.69) is 10.6 Å². The third-order valence-electron chi connectivity index (χ3n) is 3.75. The molecule has 0 aliphatic carbocycles. The summed E-state index contributed by atoms with van der Waals surface area (Å²) >= 11 is 0. The summed E-state index contributed by atoms with van der Waals surface area (Å²) in [4.78, 5) is 24.7. The van der Waals surface area contributed by atoms with Crippen molar-refractivity contribution in [2.75, 3.05) is 27.3 Å². The van der Waals surface area contributed by atoms with E-state index in [1.54, 1.807) is 19.2 Å². The van der Waals surface area contributed by atoms with Gasteiger partial charge in [-0.25, -0.2) is 4.79 Å². The van der Waals surface area contributed by atoms with E-state index >= 15 is 0 Å². The summed E-state index contributed by atoms with van der Waals surface area (Å²) in [6, 6.07) is 8.60. The smallest absolute Gasteiger partial charge is 0.321 e. The Labute approximate surface area is 158 Å². The highest BCUT2D eigenvalue weighted by Gasteiger charge is 2.15. The second-order valence-corrected chi connectivity index (χ2v) is 6.04. The molecule has 1 aromatic carbocycles. The number of furan rings is 1. The molecule has 1 heterocycles. The third kappa shape index (κ3) is 6.67. The predicted octanol–water partition coefficient (Wildman–Crippen LogP) is 0.728. The maximum Gasteiger partial charge on any atom is 0.321 e. The van der Waals surface area contributed by atoms with Crippen LogP contribution in [0.3, 0.4) is 0 Å². The number of methoxy groups -OCH3 is 1. The van der Waals surface area contributed by atoms with Gasteiger partial charge in [-0.1, -0.05) is 0 Å². The van der Waals surface area contributed by atoms with Crippen LogP contribution in [0.5, 0.6) is 11.5 Å². The number of likely N-dealkylation sites (N-methyl/N-ethyl adjacent to an activating group) is 1. The summed E-state index contributed by atoms with van der Waals surface area (Å²) in [5.74, 6) is 1.60. The number of quaternary nitrogens is 1. The third-order valence-corrected chi connectivity index (χ3v) is 3.75. The number of urea groups is 1. The number of benzene rings is 1. The Bertz CT molecular complexity index is 746. The van der Waals surface area contributed by atoms with Crippen molar-refractivity contribution in [2.45, 2.75) is 20.0 Å². The van der Waals surface area contributed by atoms with E-state index in [-0.39, 0.29) is 19.0 Å². The number of rotatable bonds is 9. The highest BCUT2D eigenvalue weighted by atomic mass is 16.5. The first-order valence-electron chi connectivity index (χ1n) is 8.73. The number of imide groups is 1. The van der Waals surface area contributed by atoms with Gasteiger partial charge in [-0.15, -0.1) is 0 Å². The number of carbonyl (C=O) groups excluding carboxylic acids is 2. The minimum atomic E-state index is -0.549. The average molecular weight is 376 g/mol. The Balaban J connectivity index is 1.79. The highest BCUT2D eigenvalue weighted by molar-refractivity contribution is 5.94. The second kappa shape index (κ2) is 10.2. The molecular weight excluding hydrogens is 350 g/mol. The van der Waals surface area contributed by atoms with Crippen LogP contribution in [0, 0.1) is 0 Å². The fourth-order valence-corrected chi connectivity index (χ4v) is 2.58. The van der Waals surface area contributed by atoms with Gasteiger partial charge >= 0.3 is 6.03 Å². The van der Waals surface area contributed by atoms with Gasteiger partial charge in [-0.2, -0.15) is 0 Å². The molecule has 1 atom stereocenters. The van der Waals surface area contributed by atoms with Crippen LogP contribution in [0.25, 0.3) is 0 Å². The molecule has 8 heteroatoms. The number of ether oxygens (including phenoxy) is 2. The summed E-state index contributed by atoms with van der Waals surface area (Å²) in [7, 11) is 3.47. The lowest BCUT2D eigenvalue weighted by Crippen LogP contribution is -3.09. The summed E-state index contributed by atoms with van der Waals surface area (Å²) in [5, 5.41) is 4.88. The quantitative estimate of drug-likeness (QED) is 0.600. The Morgan fingerprint density at radius 3 is 2.70 bits per heavy atom. The topological polar surface area (TPSA) is 94.2 Å². The van der Waals surface area contributed by atoms with Gasteiger partial charge in [0, 0.05) is 5.56 Å². The standard InChI is InChI=1S/C19H25N3O5/c1-4-26-16-8-7-14(10-17(16)25-3)12-22(2)13-18(23)21-19(24)20-11-15-6-5-9-27-15/h5-10H,4,11-13H2,1-3H3,(H2,20,21,23,24)/p+1. The van der Waals surface area contributed by atoms with Crippen molar-refractivity contribution in [1.82, 2.24) is 10.6 Å². The second-order valence-electron chi connectivity index (χ2n) is 6.04. The molecule has 0 radical (unpaired) electrons. The maximum atomic E-state index is 12.0. The molecule has 27 heavy (non-hydrogen) atoms. The summed E-state index contributed by atoms with van der Waals surface area (Å²) in [6.07, 6.45) is 1.52. The normalized spacial score (nSPS) is 11.5. The monoisotopic (exact) mass is 376 g/mol. The Kier molecular flexibility index (Phi) is 7.69. The summed E-state index contributed by atoms with van der Waals surface area (Å²) in [5.41, 5.74) is 1.00. The van der Waals surface area contributed by atoms with Crippen molar-refractivity contribution < 1.29 is 28.4 Å². The molecule has 2 rings (SSSR count). The maximum absolute atomic E-state index is 12.0. The minimum absolute atomic E-state index is 0.156. The van der Waals surface area contributed by atoms with Crippen molar-refractivity contribution in [3.05, 3.63) is 47.9 Å². The van der Waals surface area contributed by atoms with Gasteiger partial charge in [0.1, 0.15) is 12.3 Å². The number of nitrogens with one attached hydrogen (secondary N) is 3. The molecule has 3 amide bonds. The fraction of sp³-hybridized carbons (Fsp3) is 0.368. The number of hydrogen-bond acceptors (Lipinski definition) is 5. The van der Waals surface area contributed by atoms with Gasteiger partial charge in [-0.3, -0.25) is 10.1 Å². The SMILES string of the molecule is CCOc1ccc(C[NH+](C)CC(=O)NC(=O)NCc2ccco2)cc1OC. The van der Waals surface area contributed by atoms with E-state index in [4.69, 9.17) is 13.9 Å². The first-order valence-corrected chi connectivity index (χ1v) is 8.73. The minimum Gasteiger partial charge on any atom is -0.493 e. The zero-order valence-electron chi connectivity index (χ0n) is 15.8. The molecule has 0 fully saturated rings. The average Bonchev–Trinajstić information content (AvgIpc) is 3.14. The first kappa shape index (κ1) is 20.3. The van der Waals surface area contributed by atoms with Crippen molar-refractivity contribution >= 4 is 11.9 Å². The van der Waals surface area contributed by atoms with Crippen LogP contribution in [0.2, 0.25) is 0 Å². The lowest BCUT2D eigenvalue weighted by molar-refractivity contribution is -0.885. The van der Waals surface area contributed by atoms with E-state index < -0.39 is 6.03 Å². The molecule has 8 nitrogen and oxygen atoms in total. The Morgan fingerprint density at radius 2 is 2.04 bits per heavy atom. The van der Waals surface area contributed by atoms with Crippen molar-refractivity contribution in [3.8, 4) is 11.5 Å². The molecule has 0 spiro atoms. The predicted molar refractivity (Wildman–Crippen MR) is 98.7 cm³/mol. The molecule has 0 saturated carbocycles. The largest absolute Gasteiger partial charge is 0.493 e. The van der Waals surface area contributed by atoms with Crippen molar-refractivity contribution in [3.63, 3.8) is 0 Å². The molecule has 0 saturated heterocycles. The molecular formula is C19H26N3O5+. The first-order chi connectivity index (χ1) is 13.0. The van der Waals surface area contributed by atoms with Crippen LogP contribution in [-0.4, -0.2) is 39.2 Å². The number of hydrogen-bond donors (Lipinski definition) is 3. The van der Waals surface area contributed by atoms with Gasteiger partial charge in [-0.05, 0) is 37.3 Å². The van der Waals surface area contributed by atoms with Crippen molar-refractivity contribution in [1.29, 1.82) is 0 Å². The molecule has 0 bridgehead atoms. The van der Waals surface area contributed by atoms with Crippen LogP contribution in [0.15, 0.2) is 41.0 Å². The van der Waals surface area contributed by atoms with Gasteiger partial charge in [0.15, 0.2) is 18.0 Å². The fourth-order valence-electron chi connectivity index (χ4n) is 2.58. The molecule has 0 aliphatic rings. The number of carbonyl (C=O) groups is 2. The van der Waals surface area contributed by atoms with Gasteiger partial charge in [0.25, 0.3) is 5.91 Å². The van der Waals surface area contributed by atoms with Crippen molar-refractivity contribution in [2.24, 2.45) is 0 Å². The van der Waals surface area contributed by atoms with Crippen LogP contribution >= 0.6 is 0 Å². The zero-order chi connectivity index (χ0) is 19.6. The van der Waals surface area contributed by atoms with Crippen LogP contribution in [-0.2, 0) is 17.9 Å². The lowest BCUT2D eigenvalue weighted by Gasteiger charge is -2.15. The molecule has 3 N–H and O–H groups in total. The van der Waals surface area contributed by atoms with E-state index in [0.717, 1.165) is 10.5 Å². The van der Waals surface area contributed by atoms with Crippen LogP contribution < -0.4 is 25.0 Å². The van der Waals surface area contributed by atoms with Crippen LogP contribution in [0.4, 0.5) is 4.79 Å². The zero-order valence-corrected chi connectivity index (χ0v) is 15.8. The van der Waals surface area contributed by atoms with E-state index in [9.17, 15) is 9.59 Å². The van der Waals surface area contributed by atoms with Crippen LogP contribution in [0.1, 0.15) is 18.2 Å². The lowest BCUT2D eigenvalue weighted by atomic mass is 10.2. The molecule has 1 unspecified atom stereocenters. The summed E-state index contributed by atoms with van der Waals surface area (Å²) < 4.78 is 15.9. The van der Waals surface area contributed by atoms with E-state index in [1.807, 2.05) is 32.2 Å². The van der Waals surface area contributed by atoms with E-state index in [0.29, 0.717) is 30.4 Å². The Morgan fingerprint density at radius 1 is 1.22 bits per heavy atom. The number of amides is 3. The molecule has 0 aliphatic heterocycles. The molecule has 146 valence electrons. The molecule has 1 aromatic heterocycles. The van der Waals surface area contributed by atoms with E-state index in [1.165, 1.54) is 6.26 Å². The van der Waals surface area contributed by atoms with Gasteiger partial charge in [0.2, 0.25) is 0 Å². The summed E-state index contributed by atoms with van der Waals surface area (Å²) in [6.45, 7) is 3.45.